The summed E-state index contributed by atoms with van der Waals surface area (Å²) in [4.78, 5) is 3.73. The van der Waals surface area contributed by atoms with Crippen molar-refractivity contribution in [1.82, 2.24) is 0 Å². The summed E-state index contributed by atoms with van der Waals surface area (Å²) in [5.74, 6) is 0.00622. The number of ether oxygens (including phenoxy) is 1. The summed E-state index contributed by atoms with van der Waals surface area (Å²) in [6.07, 6.45) is 5.69. The van der Waals surface area contributed by atoms with Crippen LogP contribution < -0.4 is 11.5 Å². The maximum atomic E-state index is 9.49. The van der Waals surface area contributed by atoms with Gasteiger partial charge in [-0.25, -0.2) is 0 Å². The summed E-state index contributed by atoms with van der Waals surface area (Å²) in [5.41, 5.74) is 10.3. The van der Waals surface area contributed by atoms with Crippen molar-refractivity contribution in [2.24, 2.45) is 16.5 Å². The summed E-state index contributed by atoms with van der Waals surface area (Å²) in [7, 11) is 0. The lowest BCUT2D eigenvalue weighted by Crippen LogP contribution is -2.28. The first-order valence-corrected chi connectivity index (χ1v) is 5.53. The van der Waals surface area contributed by atoms with Gasteiger partial charge in [-0.2, -0.15) is 0 Å². The number of nitrogens with two attached hydrogens (primary N) is 2. The molecular weight excluding hydrogens is 194 g/mol. The fraction of sp³-hybridized carbons (Fsp3) is 0.900. The van der Waals surface area contributed by atoms with Gasteiger partial charge in [0.1, 0.15) is 0 Å². The molecule has 0 saturated heterocycles. The number of aliphatic hydroxyl groups excluding tert-OH is 1. The number of aliphatic imine (C=N–C) groups is 1. The first-order chi connectivity index (χ1) is 7.18. The van der Waals surface area contributed by atoms with Gasteiger partial charge in [-0.3, -0.25) is 4.99 Å². The quantitative estimate of drug-likeness (QED) is 0.443. The Hall–Kier alpha value is -0.810. The van der Waals surface area contributed by atoms with E-state index in [0.717, 1.165) is 12.8 Å². The molecule has 0 amide bonds. The molecule has 0 radical (unpaired) electrons. The summed E-state index contributed by atoms with van der Waals surface area (Å²) < 4.78 is 5.58. The van der Waals surface area contributed by atoms with Crippen LogP contribution in [0.3, 0.4) is 0 Å². The van der Waals surface area contributed by atoms with Gasteiger partial charge in [-0.05, 0) is 12.8 Å². The van der Waals surface area contributed by atoms with Crippen LogP contribution in [0, 0.1) is 0 Å². The monoisotopic (exact) mass is 215 g/mol. The standard InChI is InChI=1S/C10H21N3O2/c11-10(12)13-6-8(14)7-15-9-4-2-1-3-5-9/h8-9,14H,1-7H2,(H4,11,12,13). The Morgan fingerprint density at radius 3 is 2.60 bits per heavy atom. The fourth-order valence-electron chi connectivity index (χ4n) is 1.74. The largest absolute Gasteiger partial charge is 0.389 e. The van der Waals surface area contributed by atoms with Crippen molar-refractivity contribution in [3.05, 3.63) is 0 Å². The van der Waals surface area contributed by atoms with Crippen LogP contribution in [-0.2, 0) is 4.74 Å². The molecule has 88 valence electrons. The average Bonchev–Trinajstić information content (AvgIpc) is 2.25. The van der Waals surface area contributed by atoms with Crippen molar-refractivity contribution in [1.29, 1.82) is 0 Å². The van der Waals surface area contributed by atoms with E-state index in [1.54, 1.807) is 0 Å². The molecule has 1 rings (SSSR count). The second kappa shape index (κ2) is 6.63. The Labute approximate surface area is 90.5 Å². The normalized spacial score (nSPS) is 19.8. The van der Waals surface area contributed by atoms with Crippen LogP contribution in [-0.4, -0.2) is 36.4 Å². The van der Waals surface area contributed by atoms with Gasteiger partial charge in [-0.1, -0.05) is 19.3 Å². The molecule has 5 nitrogen and oxygen atoms in total. The van der Waals surface area contributed by atoms with Crippen LogP contribution in [0.1, 0.15) is 32.1 Å². The van der Waals surface area contributed by atoms with Crippen molar-refractivity contribution in [2.75, 3.05) is 13.2 Å². The van der Waals surface area contributed by atoms with E-state index in [9.17, 15) is 5.11 Å². The molecule has 5 N–H and O–H groups in total. The zero-order valence-corrected chi connectivity index (χ0v) is 9.06. The van der Waals surface area contributed by atoms with Gasteiger partial charge < -0.3 is 21.3 Å². The van der Waals surface area contributed by atoms with Crippen molar-refractivity contribution < 1.29 is 9.84 Å². The average molecular weight is 215 g/mol. The van der Waals surface area contributed by atoms with E-state index in [0.29, 0.717) is 12.7 Å². The van der Waals surface area contributed by atoms with E-state index in [1.807, 2.05) is 0 Å². The van der Waals surface area contributed by atoms with Gasteiger partial charge in [-0.15, -0.1) is 0 Å². The third kappa shape index (κ3) is 5.59. The molecule has 0 aromatic heterocycles. The minimum absolute atomic E-state index is 0.00622. The van der Waals surface area contributed by atoms with E-state index < -0.39 is 6.10 Å². The number of rotatable bonds is 5. The maximum absolute atomic E-state index is 9.49. The third-order valence-corrected chi connectivity index (χ3v) is 2.56. The second-order valence-corrected chi connectivity index (χ2v) is 4.01. The van der Waals surface area contributed by atoms with Crippen molar-refractivity contribution >= 4 is 5.96 Å². The summed E-state index contributed by atoms with van der Waals surface area (Å²) in [5, 5.41) is 9.49. The topological polar surface area (TPSA) is 93.9 Å². The number of guanidine groups is 1. The van der Waals surface area contributed by atoms with Crippen LogP contribution in [0.4, 0.5) is 0 Å². The molecule has 1 aliphatic carbocycles. The summed E-state index contributed by atoms with van der Waals surface area (Å²) in [6.45, 7) is 0.538. The van der Waals surface area contributed by atoms with Crippen LogP contribution in [0.15, 0.2) is 4.99 Å². The zero-order valence-electron chi connectivity index (χ0n) is 9.06. The molecule has 15 heavy (non-hydrogen) atoms. The molecule has 1 unspecified atom stereocenters. The molecule has 0 heterocycles. The zero-order chi connectivity index (χ0) is 11.1. The fourth-order valence-corrected chi connectivity index (χ4v) is 1.74. The molecule has 0 spiro atoms. The summed E-state index contributed by atoms with van der Waals surface area (Å²) >= 11 is 0. The van der Waals surface area contributed by atoms with Gasteiger partial charge >= 0.3 is 0 Å². The van der Waals surface area contributed by atoms with E-state index >= 15 is 0 Å². The summed E-state index contributed by atoms with van der Waals surface area (Å²) in [6, 6.07) is 0. The molecule has 1 aliphatic rings. The lowest BCUT2D eigenvalue weighted by Gasteiger charge is -2.23. The first-order valence-electron chi connectivity index (χ1n) is 5.53. The highest BCUT2D eigenvalue weighted by atomic mass is 16.5. The SMILES string of the molecule is NC(N)=NCC(O)COC1CCCCC1. The highest BCUT2D eigenvalue weighted by molar-refractivity contribution is 5.75. The third-order valence-electron chi connectivity index (χ3n) is 2.56. The minimum atomic E-state index is -0.603. The second-order valence-electron chi connectivity index (χ2n) is 4.01. The Morgan fingerprint density at radius 2 is 2.00 bits per heavy atom. The lowest BCUT2D eigenvalue weighted by atomic mass is 9.98. The number of hydrogen-bond acceptors (Lipinski definition) is 3. The first kappa shape index (κ1) is 12.3. The minimum Gasteiger partial charge on any atom is -0.389 e. The van der Waals surface area contributed by atoms with Crippen LogP contribution in [0.2, 0.25) is 0 Å². The van der Waals surface area contributed by atoms with Crippen molar-refractivity contribution in [3.8, 4) is 0 Å². The van der Waals surface area contributed by atoms with Gasteiger partial charge in [0.2, 0.25) is 0 Å². The highest BCUT2D eigenvalue weighted by Crippen LogP contribution is 2.20. The van der Waals surface area contributed by atoms with Gasteiger partial charge in [0, 0.05) is 0 Å². The molecule has 5 heteroatoms. The van der Waals surface area contributed by atoms with E-state index in [2.05, 4.69) is 4.99 Å². The Kier molecular flexibility index (Phi) is 5.42. The molecule has 0 aliphatic heterocycles. The predicted octanol–water partition coefficient (Wildman–Crippen LogP) is -0.0300. The highest BCUT2D eigenvalue weighted by Gasteiger charge is 2.15. The van der Waals surface area contributed by atoms with E-state index in [4.69, 9.17) is 16.2 Å². The number of hydrogen-bond donors (Lipinski definition) is 3. The molecule has 0 aromatic carbocycles. The van der Waals surface area contributed by atoms with Gasteiger partial charge in [0.05, 0.1) is 25.4 Å². The molecular formula is C10H21N3O2. The number of nitrogens with zero attached hydrogens (tertiary/aromatic N) is 1. The molecule has 1 atom stereocenters. The molecule has 1 saturated carbocycles. The molecule has 0 aromatic rings. The molecule has 1 fully saturated rings. The smallest absolute Gasteiger partial charge is 0.185 e. The molecule has 0 bridgehead atoms. The Balaban J connectivity index is 2.10. The Bertz CT molecular complexity index is 199. The van der Waals surface area contributed by atoms with E-state index in [1.165, 1.54) is 19.3 Å². The van der Waals surface area contributed by atoms with Crippen LogP contribution >= 0.6 is 0 Å². The van der Waals surface area contributed by atoms with Crippen molar-refractivity contribution in [3.63, 3.8) is 0 Å². The lowest BCUT2D eigenvalue weighted by molar-refractivity contribution is -0.0205. The van der Waals surface area contributed by atoms with Crippen LogP contribution in [0.25, 0.3) is 0 Å². The predicted molar refractivity (Wildman–Crippen MR) is 59.5 cm³/mol. The van der Waals surface area contributed by atoms with Gasteiger partial charge in [0.25, 0.3) is 0 Å². The Morgan fingerprint density at radius 1 is 1.33 bits per heavy atom. The van der Waals surface area contributed by atoms with Crippen LogP contribution in [0.5, 0.6) is 0 Å². The maximum Gasteiger partial charge on any atom is 0.185 e. The van der Waals surface area contributed by atoms with Crippen molar-refractivity contribution in [2.45, 2.75) is 44.3 Å². The van der Waals surface area contributed by atoms with E-state index in [-0.39, 0.29) is 12.5 Å². The van der Waals surface area contributed by atoms with Gasteiger partial charge in [0.15, 0.2) is 5.96 Å². The number of aliphatic hydroxyl groups is 1.